The zero-order valence-electron chi connectivity index (χ0n) is 15.0. The molecule has 0 spiro atoms. The molecule has 2 aromatic carbocycles. The molecule has 0 amide bonds. The molecule has 3 rings (SSSR count). The fraction of sp³-hybridized carbons (Fsp3) is 0.250. The fourth-order valence-corrected chi connectivity index (χ4v) is 3.83. The summed E-state index contributed by atoms with van der Waals surface area (Å²) in [4.78, 5) is 0. The Morgan fingerprint density at radius 1 is 1.19 bits per heavy atom. The van der Waals surface area contributed by atoms with Gasteiger partial charge in [0.05, 0.1) is 24.6 Å². The monoisotopic (exact) mass is 414 g/mol. The first kappa shape index (κ1) is 18.2. The van der Waals surface area contributed by atoms with Crippen LogP contribution in [-0.2, 0) is 0 Å². The van der Waals surface area contributed by atoms with Gasteiger partial charge < -0.3 is 19.9 Å². The summed E-state index contributed by atoms with van der Waals surface area (Å²) in [6.45, 7) is 4.00. The Bertz CT molecular complexity index is 961. The second kappa shape index (κ2) is 6.93. The van der Waals surface area contributed by atoms with Crippen LogP contribution >= 0.6 is 15.9 Å². The molecule has 134 valence electrons. The van der Waals surface area contributed by atoms with Crippen molar-refractivity contribution < 1.29 is 14.2 Å². The van der Waals surface area contributed by atoms with Crippen LogP contribution in [0.5, 0.6) is 17.2 Å². The Morgan fingerprint density at radius 3 is 2.54 bits per heavy atom. The van der Waals surface area contributed by atoms with Crippen LogP contribution in [0.1, 0.15) is 28.2 Å². The van der Waals surface area contributed by atoms with E-state index in [2.05, 4.69) is 22.0 Å². The van der Waals surface area contributed by atoms with Crippen LogP contribution in [0.4, 0.5) is 0 Å². The number of rotatable bonds is 3. The molecule has 0 fully saturated rings. The zero-order valence-corrected chi connectivity index (χ0v) is 16.6. The molecule has 1 aliphatic rings. The summed E-state index contributed by atoms with van der Waals surface area (Å²) in [6.07, 6.45) is 0. The van der Waals surface area contributed by atoms with Gasteiger partial charge in [-0.05, 0) is 58.6 Å². The minimum absolute atomic E-state index is 0.129. The number of allylic oxidation sites excluding steroid dienone is 1. The maximum atomic E-state index is 9.70. The Morgan fingerprint density at radius 2 is 1.92 bits per heavy atom. The van der Waals surface area contributed by atoms with Crippen molar-refractivity contribution in [2.75, 3.05) is 14.2 Å². The van der Waals surface area contributed by atoms with E-state index in [0.717, 1.165) is 26.7 Å². The first-order valence-electron chi connectivity index (χ1n) is 8.02. The molecular formula is C20H19BrN2O3. The molecule has 5 nitrogen and oxygen atoms in total. The van der Waals surface area contributed by atoms with Crippen molar-refractivity contribution in [1.82, 2.24) is 0 Å². The van der Waals surface area contributed by atoms with Crippen molar-refractivity contribution in [2.45, 2.75) is 19.8 Å². The fourth-order valence-electron chi connectivity index (χ4n) is 3.21. The van der Waals surface area contributed by atoms with E-state index in [9.17, 15) is 5.26 Å². The molecule has 2 aromatic rings. The van der Waals surface area contributed by atoms with Crippen LogP contribution in [0, 0.1) is 25.2 Å². The van der Waals surface area contributed by atoms with Crippen LogP contribution in [-0.4, -0.2) is 14.2 Å². The summed E-state index contributed by atoms with van der Waals surface area (Å²) < 4.78 is 17.4. The number of nitrogens with two attached hydrogens (primary N) is 1. The lowest BCUT2D eigenvalue weighted by Gasteiger charge is -2.28. The first-order chi connectivity index (χ1) is 12.4. The molecule has 0 radical (unpaired) electrons. The van der Waals surface area contributed by atoms with Gasteiger partial charge in [-0.2, -0.15) is 5.26 Å². The molecule has 6 heteroatoms. The molecule has 0 aliphatic carbocycles. The van der Waals surface area contributed by atoms with Gasteiger partial charge in [-0.25, -0.2) is 0 Å². The molecule has 2 N–H and O–H groups in total. The molecule has 0 aromatic heterocycles. The maximum Gasteiger partial charge on any atom is 0.205 e. The average Bonchev–Trinajstić information content (AvgIpc) is 2.63. The van der Waals surface area contributed by atoms with Crippen LogP contribution in [0.15, 0.2) is 40.2 Å². The first-order valence-corrected chi connectivity index (χ1v) is 8.81. The van der Waals surface area contributed by atoms with E-state index < -0.39 is 0 Å². The van der Waals surface area contributed by atoms with Gasteiger partial charge in [0.15, 0.2) is 11.5 Å². The largest absolute Gasteiger partial charge is 0.493 e. The molecule has 26 heavy (non-hydrogen) atoms. The van der Waals surface area contributed by atoms with Crippen molar-refractivity contribution in [3.05, 3.63) is 62.4 Å². The van der Waals surface area contributed by atoms with Crippen molar-refractivity contribution >= 4 is 15.9 Å². The second-order valence-electron chi connectivity index (χ2n) is 6.09. The predicted octanol–water partition coefficient (Wildman–Crippen LogP) is 4.30. The Balaban J connectivity index is 2.29. The molecule has 0 saturated carbocycles. The number of halogens is 1. The third-order valence-corrected chi connectivity index (χ3v) is 5.28. The predicted molar refractivity (Wildman–Crippen MR) is 102 cm³/mol. The van der Waals surface area contributed by atoms with Crippen LogP contribution in [0.3, 0.4) is 0 Å². The molecule has 0 saturated heterocycles. The van der Waals surface area contributed by atoms with E-state index in [-0.39, 0.29) is 11.8 Å². The second-order valence-corrected chi connectivity index (χ2v) is 6.94. The highest BCUT2D eigenvalue weighted by molar-refractivity contribution is 9.10. The summed E-state index contributed by atoms with van der Waals surface area (Å²) in [7, 11) is 3.16. The summed E-state index contributed by atoms with van der Waals surface area (Å²) in [5, 5.41) is 9.70. The van der Waals surface area contributed by atoms with E-state index in [4.69, 9.17) is 19.9 Å². The Kier molecular flexibility index (Phi) is 4.84. The molecule has 1 aliphatic heterocycles. The number of benzene rings is 2. The number of ether oxygens (including phenoxy) is 3. The lowest BCUT2D eigenvalue weighted by Crippen LogP contribution is -2.22. The van der Waals surface area contributed by atoms with Crippen LogP contribution in [0.25, 0.3) is 0 Å². The van der Waals surface area contributed by atoms with Crippen molar-refractivity contribution in [1.29, 1.82) is 5.26 Å². The average molecular weight is 415 g/mol. The molecule has 1 unspecified atom stereocenters. The quantitative estimate of drug-likeness (QED) is 0.809. The highest BCUT2D eigenvalue weighted by Gasteiger charge is 2.32. The van der Waals surface area contributed by atoms with E-state index in [1.54, 1.807) is 14.2 Å². The minimum Gasteiger partial charge on any atom is -0.493 e. The standard InChI is InChI=1S/C20H19BrN2O3/c1-10-5-6-13-17(14(9-22)20(23)26-18(13)11(10)2)12-7-15(21)19(25-4)16(8-12)24-3/h5-8,17H,23H2,1-4H3. The van der Waals surface area contributed by atoms with Gasteiger partial charge in [-0.15, -0.1) is 0 Å². The summed E-state index contributed by atoms with van der Waals surface area (Å²) in [5.41, 5.74) is 10.3. The van der Waals surface area contributed by atoms with Crippen molar-refractivity contribution in [3.63, 3.8) is 0 Å². The zero-order chi connectivity index (χ0) is 19.0. The Hall–Kier alpha value is -2.65. The maximum absolute atomic E-state index is 9.70. The van der Waals surface area contributed by atoms with E-state index >= 15 is 0 Å². The molecule has 0 bridgehead atoms. The SMILES string of the molecule is COc1cc(C2C(C#N)=C(N)Oc3c2ccc(C)c3C)cc(Br)c1OC. The molecule has 1 heterocycles. The smallest absolute Gasteiger partial charge is 0.205 e. The van der Waals surface area contributed by atoms with Crippen molar-refractivity contribution in [2.24, 2.45) is 5.73 Å². The third kappa shape index (κ3) is 2.78. The minimum atomic E-state index is -0.348. The highest BCUT2D eigenvalue weighted by Crippen LogP contribution is 2.47. The van der Waals surface area contributed by atoms with Crippen LogP contribution < -0.4 is 19.9 Å². The number of hydrogen-bond donors (Lipinski definition) is 1. The molecule has 1 atom stereocenters. The number of fused-ring (bicyclic) bond motifs is 1. The third-order valence-electron chi connectivity index (χ3n) is 4.69. The van der Waals surface area contributed by atoms with Gasteiger partial charge in [0.1, 0.15) is 17.4 Å². The Labute approximate surface area is 161 Å². The normalized spacial score (nSPS) is 15.8. The van der Waals surface area contributed by atoms with E-state index in [1.807, 2.05) is 38.1 Å². The van der Waals surface area contributed by atoms with E-state index in [1.165, 1.54) is 0 Å². The lowest BCUT2D eigenvalue weighted by molar-refractivity contribution is 0.352. The highest BCUT2D eigenvalue weighted by atomic mass is 79.9. The molecular weight excluding hydrogens is 396 g/mol. The van der Waals surface area contributed by atoms with Gasteiger partial charge in [-0.3, -0.25) is 0 Å². The topological polar surface area (TPSA) is 77.5 Å². The van der Waals surface area contributed by atoms with Gasteiger partial charge in [0.2, 0.25) is 5.88 Å². The lowest BCUT2D eigenvalue weighted by atomic mass is 9.82. The van der Waals surface area contributed by atoms with Gasteiger partial charge >= 0.3 is 0 Å². The van der Waals surface area contributed by atoms with Gasteiger partial charge in [0, 0.05) is 5.56 Å². The number of aryl methyl sites for hydroxylation is 1. The van der Waals surface area contributed by atoms with Gasteiger partial charge in [0.25, 0.3) is 0 Å². The number of nitriles is 1. The van der Waals surface area contributed by atoms with Gasteiger partial charge in [-0.1, -0.05) is 12.1 Å². The number of nitrogens with zero attached hydrogens (tertiary/aromatic N) is 1. The summed E-state index contributed by atoms with van der Waals surface area (Å²) >= 11 is 3.52. The number of methoxy groups -OCH3 is 2. The summed E-state index contributed by atoms with van der Waals surface area (Å²) in [6, 6.07) is 9.99. The van der Waals surface area contributed by atoms with Crippen LogP contribution in [0.2, 0.25) is 0 Å². The van der Waals surface area contributed by atoms with Crippen molar-refractivity contribution in [3.8, 4) is 23.3 Å². The summed E-state index contributed by atoms with van der Waals surface area (Å²) in [5.74, 6) is 1.66. The van der Waals surface area contributed by atoms with E-state index in [0.29, 0.717) is 22.8 Å². The number of hydrogen-bond acceptors (Lipinski definition) is 5.